The summed E-state index contributed by atoms with van der Waals surface area (Å²) >= 11 is 5.66. The Morgan fingerprint density at radius 1 is 1.33 bits per heavy atom. The van der Waals surface area contributed by atoms with Crippen molar-refractivity contribution >= 4 is 17.9 Å². The number of carbonyl (C=O) groups excluding carboxylic acids is 1. The molecule has 3 aromatic rings. The van der Waals surface area contributed by atoms with Gasteiger partial charge in [0, 0.05) is 25.5 Å². The Kier molecular flexibility index (Phi) is 3.31. The van der Waals surface area contributed by atoms with Crippen LogP contribution in [0.15, 0.2) is 36.7 Å². The second-order valence-corrected chi connectivity index (χ2v) is 4.84. The highest BCUT2D eigenvalue weighted by molar-refractivity contribution is 6.30. The molecule has 2 aromatic heterocycles. The average Bonchev–Trinajstić information content (AvgIpc) is 3.07. The quantitative estimate of drug-likeness (QED) is 0.699. The molecule has 0 radical (unpaired) electrons. The van der Waals surface area contributed by atoms with E-state index in [0.717, 1.165) is 0 Å². The predicted octanol–water partition coefficient (Wildman–Crippen LogP) is 2.88. The molecule has 7 heteroatoms. The topological polar surface area (TPSA) is 52.7 Å². The first kappa shape index (κ1) is 13.5. The van der Waals surface area contributed by atoms with E-state index in [-0.39, 0.29) is 5.02 Å². The van der Waals surface area contributed by atoms with Crippen LogP contribution >= 0.6 is 11.6 Å². The highest BCUT2D eigenvalue weighted by atomic mass is 35.5. The Morgan fingerprint density at radius 3 is 2.76 bits per heavy atom. The van der Waals surface area contributed by atoms with E-state index >= 15 is 0 Å². The molecular weight excluding hydrogens is 295 g/mol. The number of nitrogens with zero attached hydrogens (tertiary/aromatic N) is 4. The number of halogens is 2. The van der Waals surface area contributed by atoms with Gasteiger partial charge < -0.3 is 0 Å². The molecule has 0 unspecified atom stereocenters. The molecule has 0 fully saturated rings. The Hall–Kier alpha value is -2.47. The molecule has 0 aliphatic rings. The third-order valence-electron chi connectivity index (χ3n) is 3.10. The van der Waals surface area contributed by atoms with Crippen LogP contribution in [0.5, 0.6) is 0 Å². The molecule has 0 spiro atoms. The first-order valence-corrected chi connectivity index (χ1v) is 6.46. The van der Waals surface area contributed by atoms with Crippen LogP contribution in [0.25, 0.3) is 17.1 Å². The number of hydrogen-bond acceptors (Lipinski definition) is 3. The van der Waals surface area contributed by atoms with Crippen LogP contribution in [-0.2, 0) is 7.05 Å². The molecule has 0 aliphatic heterocycles. The minimum Gasteiger partial charge on any atom is -0.298 e. The maximum absolute atomic E-state index is 13.5. The first-order chi connectivity index (χ1) is 10.1. The Labute approximate surface area is 124 Å². The lowest BCUT2D eigenvalue weighted by Gasteiger charge is -2.02. The van der Waals surface area contributed by atoms with E-state index in [2.05, 4.69) is 10.2 Å². The summed E-state index contributed by atoms with van der Waals surface area (Å²) in [6.07, 6.45) is 3.86. The molecule has 3 rings (SSSR count). The average molecular weight is 305 g/mol. The van der Waals surface area contributed by atoms with Gasteiger partial charge in [0.1, 0.15) is 11.5 Å². The molecule has 0 aliphatic carbocycles. The fraction of sp³-hybridized carbons (Fsp3) is 0.0714. The number of hydrogen-bond donors (Lipinski definition) is 0. The smallest absolute Gasteiger partial charge is 0.153 e. The molecule has 0 saturated carbocycles. The summed E-state index contributed by atoms with van der Waals surface area (Å²) in [5.41, 5.74) is 2.06. The van der Waals surface area contributed by atoms with Gasteiger partial charge in [-0.2, -0.15) is 10.2 Å². The Morgan fingerprint density at radius 2 is 2.14 bits per heavy atom. The minimum absolute atomic E-state index is 0.0355. The highest BCUT2D eigenvalue weighted by Crippen LogP contribution is 2.23. The van der Waals surface area contributed by atoms with Gasteiger partial charge in [-0.15, -0.1) is 0 Å². The largest absolute Gasteiger partial charge is 0.298 e. The van der Waals surface area contributed by atoms with E-state index in [4.69, 9.17) is 11.6 Å². The van der Waals surface area contributed by atoms with Gasteiger partial charge >= 0.3 is 0 Å². The van der Waals surface area contributed by atoms with Gasteiger partial charge in [0.05, 0.1) is 22.0 Å². The molecule has 21 heavy (non-hydrogen) atoms. The summed E-state index contributed by atoms with van der Waals surface area (Å²) in [5, 5.41) is 8.43. The molecule has 0 bridgehead atoms. The molecule has 0 amide bonds. The van der Waals surface area contributed by atoms with Crippen molar-refractivity contribution in [3.8, 4) is 17.1 Å². The second kappa shape index (κ2) is 5.14. The van der Waals surface area contributed by atoms with Crippen LogP contribution in [0.2, 0.25) is 5.02 Å². The third-order valence-corrected chi connectivity index (χ3v) is 3.41. The van der Waals surface area contributed by atoms with Crippen molar-refractivity contribution < 1.29 is 9.18 Å². The molecule has 5 nitrogen and oxygen atoms in total. The van der Waals surface area contributed by atoms with Crippen LogP contribution in [0, 0.1) is 5.82 Å². The summed E-state index contributed by atoms with van der Waals surface area (Å²) in [5.74, 6) is -0.542. The monoisotopic (exact) mass is 304 g/mol. The molecule has 2 heterocycles. The van der Waals surface area contributed by atoms with E-state index in [1.807, 2.05) is 0 Å². The van der Waals surface area contributed by atoms with Crippen molar-refractivity contribution in [2.24, 2.45) is 7.05 Å². The van der Waals surface area contributed by atoms with E-state index in [9.17, 15) is 9.18 Å². The first-order valence-electron chi connectivity index (χ1n) is 6.09. The molecule has 106 valence electrons. The van der Waals surface area contributed by atoms with Gasteiger partial charge in [0.2, 0.25) is 0 Å². The molecular formula is C14H10ClFN4O. The number of aryl methyl sites for hydroxylation is 1. The van der Waals surface area contributed by atoms with E-state index < -0.39 is 5.82 Å². The third kappa shape index (κ3) is 2.34. The fourth-order valence-electron chi connectivity index (χ4n) is 2.04. The molecule has 0 atom stereocenters. The van der Waals surface area contributed by atoms with Crippen molar-refractivity contribution in [3.63, 3.8) is 0 Å². The van der Waals surface area contributed by atoms with Crippen molar-refractivity contribution in [1.82, 2.24) is 19.6 Å². The van der Waals surface area contributed by atoms with Crippen molar-refractivity contribution in [1.29, 1.82) is 0 Å². The van der Waals surface area contributed by atoms with E-state index in [1.165, 1.54) is 23.0 Å². The number of rotatable bonds is 3. The predicted molar refractivity (Wildman–Crippen MR) is 76.1 cm³/mol. The zero-order valence-corrected chi connectivity index (χ0v) is 11.8. The maximum Gasteiger partial charge on any atom is 0.153 e. The van der Waals surface area contributed by atoms with Crippen LogP contribution in [-0.4, -0.2) is 25.8 Å². The maximum atomic E-state index is 13.5. The molecule has 0 N–H and O–H groups in total. The van der Waals surface area contributed by atoms with Crippen molar-refractivity contribution in [3.05, 3.63) is 53.1 Å². The van der Waals surface area contributed by atoms with E-state index in [0.29, 0.717) is 28.9 Å². The lowest BCUT2D eigenvalue weighted by atomic mass is 10.2. The second-order valence-electron chi connectivity index (χ2n) is 4.43. The molecule has 1 aromatic carbocycles. The summed E-state index contributed by atoms with van der Waals surface area (Å²) in [4.78, 5) is 11.2. The number of aldehydes is 1. The summed E-state index contributed by atoms with van der Waals surface area (Å²) in [7, 11) is 1.75. The Balaban J connectivity index is 2.13. The van der Waals surface area contributed by atoms with Gasteiger partial charge in [-0.05, 0) is 18.2 Å². The summed E-state index contributed by atoms with van der Waals surface area (Å²) in [6.45, 7) is 0. The van der Waals surface area contributed by atoms with Gasteiger partial charge in [-0.1, -0.05) is 11.6 Å². The lowest BCUT2D eigenvalue weighted by Crippen LogP contribution is -1.98. The fourth-order valence-corrected chi connectivity index (χ4v) is 2.16. The van der Waals surface area contributed by atoms with Gasteiger partial charge in [-0.25, -0.2) is 9.07 Å². The van der Waals surface area contributed by atoms with Crippen LogP contribution < -0.4 is 0 Å². The SMILES string of the molecule is Cn1nccc1-c1nn(-c2ccc(Cl)c(F)c2)cc1C=O. The van der Waals surface area contributed by atoms with Crippen LogP contribution in [0.1, 0.15) is 10.4 Å². The minimum atomic E-state index is -0.542. The summed E-state index contributed by atoms with van der Waals surface area (Å²) in [6, 6.07) is 6.08. The Bertz CT molecular complexity index is 824. The zero-order chi connectivity index (χ0) is 15.0. The van der Waals surface area contributed by atoms with E-state index in [1.54, 1.807) is 30.1 Å². The van der Waals surface area contributed by atoms with Crippen LogP contribution in [0.4, 0.5) is 4.39 Å². The lowest BCUT2D eigenvalue weighted by molar-refractivity contribution is 0.112. The zero-order valence-electron chi connectivity index (χ0n) is 11.0. The number of carbonyl (C=O) groups is 1. The van der Waals surface area contributed by atoms with Gasteiger partial charge in [-0.3, -0.25) is 9.48 Å². The van der Waals surface area contributed by atoms with Crippen molar-refractivity contribution in [2.75, 3.05) is 0 Å². The normalized spacial score (nSPS) is 10.8. The summed E-state index contributed by atoms with van der Waals surface area (Å²) < 4.78 is 16.6. The van der Waals surface area contributed by atoms with Gasteiger partial charge in [0.15, 0.2) is 6.29 Å². The highest BCUT2D eigenvalue weighted by Gasteiger charge is 2.15. The van der Waals surface area contributed by atoms with Gasteiger partial charge in [0.25, 0.3) is 0 Å². The van der Waals surface area contributed by atoms with Crippen LogP contribution in [0.3, 0.4) is 0 Å². The number of benzene rings is 1. The van der Waals surface area contributed by atoms with Crippen molar-refractivity contribution in [2.45, 2.75) is 0 Å². The molecule has 0 saturated heterocycles. The number of aromatic nitrogens is 4. The standard InChI is InChI=1S/C14H10ClFN4O/c1-19-13(4-5-17-19)14-9(8-21)7-20(18-14)10-2-3-11(15)12(16)6-10/h2-8H,1H3.